The van der Waals surface area contributed by atoms with Crippen LogP contribution in [-0.2, 0) is 17.8 Å². The van der Waals surface area contributed by atoms with Crippen molar-refractivity contribution in [3.8, 4) is 0 Å². The van der Waals surface area contributed by atoms with Crippen LogP contribution in [0.2, 0.25) is 0 Å². The molecule has 2 heterocycles. The van der Waals surface area contributed by atoms with Crippen LogP contribution in [0.5, 0.6) is 0 Å². The first-order chi connectivity index (χ1) is 8.22. The lowest BCUT2D eigenvalue weighted by atomic mass is 10.3. The molecule has 1 aromatic rings. The molecular formula is C12H19N3OS. The normalized spacial score (nSPS) is 15.5. The number of aryl methyl sites for hydroxylation is 1. The quantitative estimate of drug-likeness (QED) is 0.835. The van der Waals surface area contributed by atoms with Crippen molar-refractivity contribution >= 4 is 18.1 Å². The van der Waals surface area contributed by atoms with Crippen molar-refractivity contribution < 1.29 is 4.79 Å². The number of aromatic nitrogens is 2. The number of H-pyrrole nitrogens is 1. The Labute approximate surface area is 107 Å². The number of imidazole rings is 1. The molecule has 0 aliphatic carbocycles. The third-order valence-corrected chi connectivity index (χ3v) is 3.66. The van der Waals surface area contributed by atoms with E-state index in [4.69, 9.17) is 12.2 Å². The fourth-order valence-electron chi connectivity index (χ4n) is 2.30. The third-order valence-electron chi connectivity index (χ3n) is 3.32. The van der Waals surface area contributed by atoms with E-state index in [1.165, 1.54) is 5.69 Å². The van der Waals surface area contributed by atoms with Crippen LogP contribution in [0, 0.1) is 4.77 Å². The molecular weight excluding hydrogens is 234 g/mol. The Balaban J connectivity index is 1.94. The maximum absolute atomic E-state index is 11.9. The summed E-state index contributed by atoms with van der Waals surface area (Å²) in [6, 6.07) is 0. The van der Waals surface area contributed by atoms with Crippen molar-refractivity contribution in [1.82, 2.24) is 14.5 Å². The number of carbonyl (C=O) groups is 1. The third kappa shape index (κ3) is 2.77. The van der Waals surface area contributed by atoms with Crippen molar-refractivity contribution in [2.75, 3.05) is 13.1 Å². The zero-order valence-electron chi connectivity index (χ0n) is 10.2. The molecule has 1 aromatic heterocycles. The average Bonchev–Trinajstić information content (AvgIpc) is 2.95. The van der Waals surface area contributed by atoms with Gasteiger partial charge in [-0.25, -0.2) is 0 Å². The molecule has 0 unspecified atom stereocenters. The summed E-state index contributed by atoms with van der Waals surface area (Å²) in [4.78, 5) is 16.9. The van der Waals surface area contributed by atoms with Gasteiger partial charge in [-0.15, -0.1) is 0 Å². The maximum Gasteiger partial charge on any atom is 0.224 e. The molecule has 1 fully saturated rings. The molecule has 1 aliphatic rings. The molecule has 17 heavy (non-hydrogen) atoms. The number of likely N-dealkylation sites (tertiary alicyclic amines) is 1. The van der Waals surface area contributed by atoms with Crippen LogP contribution in [0.15, 0.2) is 6.20 Å². The Morgan fingerprint density at radius 1 is 1.47 bits per heavy atom. The molecule has 4 nitrogen and oxygen atoms in total. The Hall–Kier alpha value is -1.10. The molecule has 1 amide bonds. The Morgan fingerprint density at radius 2 is 2.18 bits per heavy atom. The summed E-state index contributed by atoms with van der Waals surface area (Å²) in [7, 11) is 0. The van der Waals surface area contributed by atoms with Crippen LogP contribution in [0.1, 0.15) is 31.9 Å². The first-order valence-corrected chi connectivity index (χ1v) is 6.68. The fraction of sp³-hybridized carbons (Fsp3) is 0.667. The lowest BCUT2D eigenvalue weighted by molar-refractivity contribution is -0.130. The van der Waals surface area contributed by atoms with Crippen LogP contribution in [0.25, 0.3) is 0 Å². The minimum atomic E-state index is 0.257. The van der Waals surface area contributed by atoms with Crippen molar-refractivity contribution in [1.29, 1.82) is 0 Å². The van der Waals surface area contributed by atoms with Gasteiger partial charge in [-0.1, -0.05) is 6.92 Å². The van der Waals surface area contributed by atoms with E-state index in [9.17, 15) is 4.79 Å². The second kappa shape index (κ2) is 5.49. The van der Waals surface area contributed by atoms with Crippen LogP contribution in [0.3, 0.4) is 0 Å². The molecule has 0 spiro atoms. The van der Waals surface area contributed by atoms with Crippen molar-refractivity contribution in [3.63, 3.8) is 0 Å². The number of amides is 1. The summed E-state index contributed by atoms with van der Waals surface area (Å²) in [5.74, 6) is 0.257. The van der Waals surface area contributed by atoms with Gasteiger partial charge >= 0.3 is 0 Å². The van der Waals surface area contributed by atoms with Gasteiger partial charge in [0, 0.05) is 37.9 Å². The zero-order chi connectivity index (χ0) is 12.3. The van der Waals surface area contributed by atoms with E-state index >= 15 is 0 Å². The standard InChI is InChI=1S/C12H19N3OS/c1-2-10-9-13-12(17)15(10)8-5-11(16)14-6-3-4-7-14/h9H,2-8H2,1H3,(H,13,17). The van der Waals surface area contributed by atoms with E-state index in [1.54, 1.807) is 0 Å². The number of nitrogens with zero attached hydrogens (tertiary/aromatic N) is 2. The molecule has 0 aromatic carbocycles. The average molecular weight is 253 g/mol. The molecule has 94 valence electrons. The highest BCUT2D eigenvalue weighted by Crippen LogP contribution is 2.10. The number of nitrogens with one attached hydrogen (secondary N) is 1. The van der Waals surface area contributed by atoms with Crippen molar-refractivity contribution in [2.45, 2.75) is 39.2 Å². The summed E-state index contributed by atoms with van der Waals surface area (Å²) in [5, 5.41) is 0. The second-order valence-corrected chi connectivity index (χ2v) is 4.81. The summed E-state index contributed by atoms with van der Waals surface area (Å²) in [5.41, 5.74) is 1.17. The van der Waals surface area contributed by atoms with E-state index < -0.39 is 0 Å². The molecule has 1 N–H and O–H groups in total. The van der Waals surface area contributed by atoms with Gasteiger partial charge in [0.2, 0.25) is 5.91 Å². The number of rotatable bonds is 4. The van der Waals surface area contributed by atoms with Crippen LogP contribution in [-0.4, -0.2) is 33.4 Å². The Bertz CT molecular complexity index is 443. The van der Waals surface area contributed by atoms with Gasteiger partial charge in [-0.2, -0.15) is 0 Å². The molecule has 5 heteroatoms. The first-order valence-electron chi connectivity index (χ1n) is 6.27. The van der Waals surface area contributed by atoms with Crippen LogP contribution >= 0.6 is 12.2 Å². The van der Waals surface area contributed by atoms with Crippen LogP contribution < -0.4 is 0 Å². The summed E-state index contributed by atoms with van der Waals surface area (Å²) < 4.78 is 2.75. The minimum absolute atomic E-state index is 0.257. The topological polar surface area (TPSA) is 41.0 Å². The lowest BCUT2D eigenvalue weighted by Crippen LogP contribution is -2.28. The van der Waals surface area contributed by atoms with Gasteiger partial charge in [0.15, 0.2) is 4.77 Å². The molecule has 0 radical (unpaired) electrons. The van der Waals surface area contributed by atoms with Crippen molar-refractivity contribution in [2.24, 2.45) is 0 Å². The van der Waals surface area contributed by atoms with Gasteiger partial charge < -0.3 is 14.5 Å². The largest absolute Gasteiger partial charge is 0.343 e. The zero-order valence-corrected chi connectivity index (χ0v) is 11.1. The highest BCUT2D eigenvalue weighted by atomic mass is 32.1. The lowest BCUT2D eigenvalue weighted by Gasteiger charge is -2.15. The number of hydrogen-bond donors (Lipinski definition) is 1. The smallest absolute Gasteiger partial charge is 0.224 e. The van der Waals surface area contributed by atoms with Crippen LogP contribution in [0.4, 0.5) is 0 Å². The first kappa shape index (κ1) is 12.4. The predicted octanol–water partition coefficient (Wildman–Crippen LogP) is 2.12. The fourth-order valence-corrected chi connectivity index (χ4v) is 2.57. The van der Waals surface area contributed by atoms with Gasteiger partial charge in [-0.05, 0) is 31.5 Å². The van der Waals surface area contributed by atoms with E-state index in [2.05, 4.69) is 11.9 Å². The monoisotopic (exact) mass is 253 g/mol. The van der Waals surface area contributed by atoms with E-state index in [1.807, 2.05) is 15.7 Å². The second-order valence-electron chi connectivity index (χ2n) is 4.43. The van der Waals surface area contributed by atoms with Gasteiger partial charge in [-0.3, -0.25) is 4.79 Å². The summed E-state index contributed by atoms with van der Waals surface area (Å²) in [6.07, 6.45) is 5.72. The molecule has 2 rings (SSSR count). The van der Waals surface area contributed by atoms with Gasteiger partial charge in [0.05, 0.1) is 0 Å². The molecule has 0 bridgehead atoms. The predicted molar refractivity (Wildman–Crippen MR) is 69.4 cm³/mol. The SMILES string of the molecule is CCc1c[nH]c(=S)n1CCC(=O)N1CCCC1. The van der Waals surface area contributed by atoms with Gasteiger partial charge in [0.1, 0.15) is 0 Å². The maximum atomic E-state index is 11.9. The molecule has 0 atom stereocenters. The van der Waals surface area contributed by atoms with Crippen molar-refractivity contribution in [3.05, 3.63) is 16.7 Å². The van der Waals surface area contributed by atoms with Gasteiger partial charge in [0.25, 0.3) is 0 Å². The number of aromatic amines is 1. The Morgan fingerprint density at radius 3 is 2.82 bits per heavy atom. The highest BCUT2D eigenvalue weighted by Gasteiger charge is 2.17. The molecule has 0 saturated carbocycles. The summed E-state index contributed by atoms with van der Waals surface area (Å²) in [6.45, 7) is 4.65. The molecule has 1 saturated heterocycles. The minimum Gasteiger partial charge on any atom is -0.343 e. The Kier molecular flexibility index (Phi) is 3.99. The summed E-state index contributed by atoms with van der Waals surface area (Å²) >= 11 is 5.21. The van der Waals surface area contributed by atoms with E-state index in [0.717, 1.165) is 37.1 Å². The highest BCUT2D eigenvalue weighted by molar-refractivity contribution is 7.71. The van der Waals surface area contributed by atoms with E-state index in [0.29, 0.717) is 13.0 Å². The number of hydrogen-bond acceptors (Lipinski definition) is 2. The van der Waals surface area contributed by atoms with E-state index in [-0.39, 0.29) is 5.91 Å². The molecule has 1 aliphatic heterocycles. The number of carbonyl (C=O) groups excluding carboxylic acids is 1.